The molecule has 0 spiro atoms. The Morgan fingerprint density at radius 1 is 1.20 bits per heavy atom. The normalized spacial score (nSPS) is 10.3. The van der Waals surface area contributed by atoms with Gasteiger partial charge in [0.1, 0.15) is 5.82 Å². The minimum Gasteiger partial charge on any atom is -0.322 e. The van der Waals surface area contributed by atoms with E-state index in [-0.39, 0.29) is 11.7 Å². The predicted octanol–water partition coefficient (Wildman–Crippen LogP) is 4.17. The number of anilines is 1. The van der Waals surface area contributed by atoms with Crippen molar-refractivity contribution in [1.29, 1.82) is 0 Å². The fourth-order valence-corrected chi connectivity index (χ4v) is 2.07. The standard InChI is InChI=1S/C16H15ClFNO/c1-11-10-13(4-7-15(11)18)16(20)19-14-5-2-12(3-6-14)8-9-17/h2-7,10H,8-9H2,1H3,(H,19,20). The molecule has 1 amide bonds. The molecule has 0 atom stereocenters. The van der Waals surface area contributed by atoms with Gasteiger partial charge in [-0.1, -0.05) is 12.1 Å². The van der Waals surface area contributed by atoms with E-state index >= 15 is 0 Å². The van der Waals surface area contributed by atoms with E-state index in [0.29, 0.717) is 22.7 Å². The van der Waals surface area contributed by atoms with Gasteiger partial charge >= 0.3 is 0 Å². The van der Waals surface area contributed by atoms with Crippen LogP contribution in [0.2, 0.25) is 0 Å². The van der Waals surface area contributed by atoms with Crippen LogP contribution in [0.5, 0.6) is 0 Å². The topological polar surface area (TPSA) is 29.1 Å². The van der Waals surface area contributed by atoms with Crippen molar-refractivity contribution in [3.8, 4) is 0 Å². The molecule has 0 aliphatic rings. The van der Waals surface area contributed by atoms with Gasteiger partial charge in [0.05, 0.1) is 0 Å². The van der Waals surface area contributed by atoms with Gasteiger partial charge in [-0.2, -0.15) is 0 Å². The molecule has 2 aromatic carbocycles. The zero-order valence-corrected chi connectivity index (χ0v) is 11.9. The predicted molar refractivity (Wildman–Crippen MR) is 80.0 cm³/mol. The number of benzene rings is 2. The van der Waals surface area contributed by atoms with Gasteiger partial charge in [-0.3, -0.25) is 4.79 Å². The summed E-state index contributed by atoms with van der Waals surface area (Å²) in [6.07, 6.45) is 0.799. The quantitative estimate of drug-likeness (QED) is 0.842. The number of amides is 1. The SMILES string of the molecule is Cc1cc(C(=O)Nc2ccc(CCCl)cc2)ccc1F. The lowest BCUT2D eigenvalue weighted by Gasteiger charge is -2.07. The Hall–Kier alpha value is -1.87. The second-order valence-corrected chi connectivity index (χ2v) is 4.93. The maximum absolute atomic E-state index is 13.2. The molecule has 104 valence electrons. The highest BCUT2D eigenvalue weighted by atomic mass is 35.5. The van der Waals surface area contributed by atoms with Crippen molar-refractivity contribution in [2.24, 2.45) is 0 Å². The zero-order chi connectivity index (χ0) is 14.5. The van der Waals surface area contributed by atoms with Crippen molar-refractivity contribution < 1.29 is 9.18 Å². The Morgan fingerprint density at radius 3 is 2.50 bits per heavy atom. The van der Waals surface area contributed by atoms with Crippen LogP contribution in [0.1, 0.15) is 21.5 Å². The summed E-state index contributed by atoms with van der Waals surface area (Å²) in [6, 6.07) is 11.8. The second kappa shape index (κ2) is 6.53. The molecular formula is C16H15ClFNO. The summed E-state index contributed by atoms with van der Waals surface area (Å²) in [5, 5.41) is 2.78. The van der Waals surface area contributed by atoms with Crippen molar-refractivity contribution >= 4 is 23.2 Å². The van der Waals surface area contributed by atoms with Gasteiger partial charge in [-0.05, 0) is 54.8 Å². The Kier molecular flexibility index (Phi) is 4.74. The van der Waals surface area contributed by atoms with E-state index in [1.54, 1.807) is 6.92 Å². The lowest BCUT2D eigenvalue weighted by atomic mass is 10.1. The van der Waals surface area contributed by atoms with Crippen LogP contribution in [-0.2, 0) is 6.42 Å². The summed E-state index contributed by atoms with van der Waals surface area (Å²) in [6.45, 7) is 1.63. The van der Waals surface area contributed by atoms with Gasteiger partial charge < -0.3 is 5.32 Å². The highest BCUT2D eigenvalue weighted by Crippen LogP contribution is 2.14. The third kappa shape index (κ3) is 3.58. The zero-order valence-electron chi connectivity index (χ0n) is 11.1. The molecule has 0 saturated heterocycles. The van der Waals surface area contributed by atoms with E-state index in [4.69, 9.17) is 11.6 Å². The number of hydrogen-bond donors (Lipinski definition) is 1. The molecule has 2 aromatic rings. The number of hydrogen-bond acceptors (Lipinski definition) is 1. The number of alkyl halides is 1. The van der Waals surface area contributed by atoms with Crippen molar-refractivity contribution in [3.63, 3.8) is 0 Å². The lowest BCUT2D eigenvalue weighted by molar-refractivity contribution is 0.102. The lowest BCUT2D eigenvalue weighted by Crippen LogP contribution is -2.12. The molecule has 1 N–H and O–H groups in total. The molecule has 2 rings (SSSR count). The summed E-state index contributed by atoms with van der Waals surface area (Å²) in [5.41, 5.74) is 2.72. The van der Waals surface area contributed by atoms with Crippen molar-refractivity contribution in [2.45, 2.75) is 13.3 Å². The summed E-state index contributed by atoms with van der Waals surface area (Å²) < 4.78 is 13.2. The first-order chi connectivity index (χ1) is 9.60. The average Bonchev–Trinajstić information content (AvgIpc) is 2.44. The monoisotopic (exact) mass is 291 g/mol. The number of nitrogens with one attached hydrogen (secondary N) is 1. The molecule has 4 heteroatoms. The van der Waals surface area contributed by atoms with Crippen LogP contribution in [-0.4, -0.2) is 11.8 Å². The third-order valence-corrected chi connectivity index (χ3v) is 3.20. The van der Waals surface area contributed by atoms with E-state index < -0.39 is 0 Å². The van der Waals surface area contributed by atoms with Crippen molar-refractivity contribution in [2.75, 3.05) is 11.2 Å². The van der Waals surface area contributed by atoms with Gasteiger partial charge in [0.15, 0.2) is 0 Å². The maximum atomic E-state index is 13.2. The molecule has 0 unspecified atom stereocenters. The van der Waals surface area contributed by atoms with Gasteiger partial charge in [-0.15, -0.1) is 11.6 Å². The molecule has 2 nitrogen and oxygen atoms in total. The highest BCUT2D eigenvalue weighted by molar-refractivity contribution is 6.18. The summed E-state index contributed by atoms with van der Waals surface area (Å²) in [4.78, 5) is 12.0. The fourth-order valence-electron chi connectivity index (χ4n) is 1.85. The summed E-state index contributed by atoms with van der Waals surface area (Å²) in [7, 11) is 0. The fraction of sp³-hybridized carbons (Fsp3) is 0.188. The first kappa shape index (κ1) is 14.5. The number of rotatable bonds is 4. The molecule has 0 aromatic heterocycles. The van der Waals surface area contributed by atoms with Crippen LogP contribution in [0.15, 0.2) is 42.5 Å². The third-order valence-electron chi connectivity index (χ3n) is 3.02. The van der Waals surface area contributed by atoms with Crippen molar-refractivity contribution in [1.82, 2.24) is 0 Å². The van der Waals surface area contributed by atoms with Crippen LogP contribution in [0, 0.1) is 12.7 Å². The van der Waals surface area contributed by atoms with E-state index in [1.165, 1.54) is 18.2 Å². The van der Waals surface area contributed by atoms with E-state index in [0.717, 1.165) is 12.0 Å². The number of carbonyl (C=O) groups excluding carboxylic acids is 1. The van der Waals surface area contributed by atoms with Gasteiger partial charge in [0.2, 0.25) is 0 Å². The molecule has 0 bridgehead atoms. The Morgan fingerprint density at radius 2 is 1.90 bits per heavy atom. The number of carbonyl (C=O) groups is 1. The molecule has 0 radical (unpaired) electrons. The van der Waals surface area contributed by atoms with Crippen LogP contribution in [0.25, 0.3) is 0 Å². The molecule has 0 fully saturated rings. The van der Waals surface area contributed by atoms with Crippen LogP contribution in [0.3, 0.4) is 0 Å². The Bertz CT molecular complexity index is 610. The number of aryl methyl sites for hydroxylation is 2. The summed E-state index contributed by atoms with van der Waals surface area (Å²) >= 11 is 5.67. The van der Waals surface area contributed by atoms with Gasteiger partial charge in [0, 0.05) is 17.1 Å². The number of halogens is 2. The largest absolute Gasteiger partial charge is 0.322 e. The average molecular weight is 292 g/mol. The molecule has 0 aliphatic carbocycles. The second-order valence-electron chi connectivity index (χ2n) is 4.55. The first-order valence-electron chi connectivity index (χ1n) is 6.32. The van der Waals surface area contributed by atoms with Crippen LogP contribution < -0.4 is 5.32 Å². The first-order valence-corrected chi connectivity index (χ1v) is 6.86. The minimum atomic E-state index is -0.313. The molecule has 0 heterocycles. The van der Waals surface area contributed by atoms with Gasteiger partial charge in [0.25, 0.3) is 5.91 Å². The maximum Gasteiger partial charge on any atom is 0.255 e. The molecule has 0 saturated carbocycles. The minimum absolute atomic E-state index is 0.252. The van der Waals surface area contributed by atoms with Crippen LogP contribution >= 0.6 is 11.6 Å². The Labute approximate surface area is 122 Å². The molecular weight excluding hydrogens is 277 g/mol. The van der Waals surface area contributed by atoms with E-state index in [9.17, 15) is 9.18 Å². The van der Waals surface area contributed by atoms with Crippen LogP contribution in [0.4, 0.5) is 10.1 Å². The van der Waals surface area contributed by atoms with E-state index in [1.807, 2.05) is 24.3 Å². The smallest absolute Gasteiger partial charge is 0.255 e. The van der Waals surface area contributed by atoms with E-state index in [2.05, 4.69) is 5.32 Å². The van der Waals surface area contributed by atoms with Crippen molar-refractivity contribution in [3.05, 3.63) is 65.0 Å². The molecule has 20 heavy (non-hydrogen) atoms. The Balaban J connectivity index is 2.08. The van der Waals surface area contributed by atoms with Gasteiger partial charge in [-0.25, -0.2) is 4.39 Å². The summed E-state index contributed by atoms with van der Waals surface area (Å²) in [5.74, 6) is 0.00535. The highest BCUT2D eigenvalue weighted by Gasteiger charge is 2.08. The molecule has 0 aliphatic heterocycles.